The highest BCUT2D eigenvalue weighted by molar-refractivity contribution is 7.89. The predicted octanol–water partition coefficient (Wildman–Crippen LogP) is 4.10. The molecule has 1 aromatic carbocycles. The fraction of sp³-hybridized carbons (Fsp3) is 0.552. The first kappa shape index (κ1) is 31.4. The van der Waals surface area contributed by atoms with Crippen molar-refractivity contribution in [1.29, 1.82) is 0 Å². The number of aldehydes is 1. The molecule has 0 bridgehead atoms. The molecule has 0 atom stereocenters. The maximum Gasteiger partial charge on any atom is 0.294 e. The normalized spacial score (nSPS) is 15.7. The summed E-state index contributed by atoms with van der Waals surface area (Å²) >= 11 is 0. The molecule has 0 amide bonds. The van der Waals surface area contributed by atoms with Crippen molar-refractivity contribution in [2.75, 3.05) is 26.3 Å². The van der Waals surface area contributed by atoms with Crippen LogP contribution in [-0.2, 0) is 34.2 Å². The third-order valence-electron chi connectivity index (χ3n) is 7.85. The van der Waals surface area contributed by atoms with Crippen LogP contribution in [0.15, 0.2) is 32.9 Å². The molecule has 0 spiro atoms. The highest BCUT2D eigenvalue weighted by Crippen LogP contribution is 2.36. The second-order valence-electron chi connectivity index (χ2n) is 10.5. The first-order valence-corrected chi connectivity index (χ1v) is 16.0. The quantitative estimate of drug-likeness (QED) is 0.178. The van der Waals surface area contributed by atoms with Gasteiger partial charge >= 0.3 is 0 Å². The molecule has 0 aliphatic carbocycles. The van der Waals surface area contributed by atoms with Crippen LogP contribution in [0.4, 0.5) is 5.69 Å². The van der Waals surface area contributed by atoms with E-state index < -0.39 is 15.1 Å². The summed E-state index contributed by atoms with van der Waals surface area (Å²) in [6, 6.07) is 4.74. The monoisotopic (exact) mass is 602 g/mol. The minimum atomic E-state index is -3.85. The largest absolute Gasteiger partial charge is 0.493 e. The predicted molar refractivity (Wildman–Crippen MR) is 157 cm³/mol. The van der Waals surface area contributed by atoms with E-state index in [4.69, 9.17) is 9.73 Å². The molecule has 3 heterocycles. The van der Waals surface area contributed by atoms with Crippen molar-refractivity contribution < 1.29 is 27.9 Å². The van der Waals surface area contributed by atoms with Crippen molar-refractivity contribution >= 4 is 27.7 Å². The van der Waals surface area contributed by atoms with E-state index in [1.807, 2.05) is 20.8 Å². The molecule has 12 nitrogen and oxygen atoms in total. The van der Waals surface area contributed by atoms with Crippen LogP contribution >= 0.6 is 0 Å². The lowest BCUT2D eigenvalue weighted by molar-refractivity contribution is -0.758. The molecule has 1 saturated heterocycles. The molecule has 2 aliphatic heterocycles. The van der Waals surface area contributed by atoms with Gasteiger partial charge in [-0.3, -0.25) is 14.6 Å². The van der Waals surface area contributed by atoms with Gasteiger partial charge in [-0.25, -0.2) is 8.42 Å². The van der Waals surface area contributed by atoms with Crippen LogP contribution < -0.4 is 10.3 Å². The summed E-state index contributed by atoms with van der Waals surface area (Å²) in [5.74, 6) is 0.624. The van der Waals surface area contributed by atoms with Crippen molar-refractivity contribution in [3.05, 3.63) is 61.1 Å². The smallest absolute Gasteiger partial charge is 0.294 e. The lowest BCUT2D eigenvalue weighted by Crippen LogP contribution is -2.38. The zero-order valence-corrected chi connectivity index (χ0v) is 25.2. The second kappa shape index (κ2) is 13.6. The maximum absolute atomic E-state index is 13.7. The van der Waals surface area contributed by atoms with E-state index >= 15 is 0 Å². The summed E-state index contributed by atoms with van der Waals surface area (Å²) in [4.78, 5) is 45.2. The second-order valence-corrected chi connectivity index (χ2v) is 12.5. The highest BCUT2D eigenvalue weighted by Gasteiger charge is 2.32. The first-order valence-electron chi connectivity index (χ1n) is 14.5. The molecule has 2 aliphatic rings. The van der Waals surface area contributed by atoms with E-state index in [0.29, 0.717) is 92.2 Å². The number of benzene rings is 1. The van der Waals surface area contributed by atoms with Gasteiger partial charge in [-0.1, -0.05) is 20.3 Å². The lowest BCUT2D eigenvalue weighted by Gasteiger charge is -2.31. The summed E-state index contributed by atoms with van der Waals surface area (Å²) < 4.78 is 36.3. The molecule has 0 N–H and O–H groups in total. The SMILES string of the molecule is CCCOc1ccc(S(=O)(=O)N2CCC(CCO[N+](=O)[O-])CC2)cc1C1=Nc2c(CCC)c(C=O)n(CC)c(=O)c2C1. The highest BCUT2D eigenvalue weighted by atomic mass is 32.2. The van der Waals surface area contributed by atoms with Gasteiger partial charge in [-0.05, 0) is 63.1 Å². The van der Waals surface area contributed by atoms with Gasteiger partial charge in [0.15, 0.2) is 6.29 Å². The van der Waals surface area contributed by atoms with Gasteiger partial charge in [0.05, 0.1) is 35.2 Å². The standard InChI is InChI=1S/C29H38N4O8S/c1-4-7-22-26(19-34)32(6-3)29(35)24-18-25(30-28(22)24)23-17-21(8-9-27(23)40-15-5-2)42(38,39)31-13-10-20(11-14-31)12-16-41-33(36)37/h8-9,17,19-20H,4-7,10-16,18H2,1-3H3. The number of carbonyl (C=O) groups excluding carboxylic acids is 1. The van der Waals surface area contributed by atoms with Crippen LogP contribution in [-0.4, -0.2) is 60.7 Å². The number of ether oxygens (including phenoxy) is 1. The van der Waals surface area contributed by atoms with E-state index in [1.54, 1.807) is 12.1 Å². The topological polar surface area (TPSA) is 150 Å². The van der Waals surface area contributed by atoms with Crippen molar-refractivity contribution in [3.8, 4) is 5.75 Å². The number of hydrogen-bond acceptors (Lipinski definition) is 9. The van der Waals surface area contributed by atoms with Crippen molar-refractivity contribution in [2.45, 2.75) is 77.2 Å². The van der Waals surface area contributed by atoms with Crippen molar-refractivity contribution in [3.63, 3.8) is 0 Å². The lowest BCUT2D eigenvalue weighted by atomic mass is 9.95. The van der Waals surface area contributed by atoms with Gasteiger partial charge in [-0.2, -0.15) is 4.31 Å². The zero-order valence-electron chi connectivity index (χ0n) is 24.3. The van der Waals surface area contributed by atoms with E-state index in [-0.39, 0.29) is 29.4 Å². The van der Waals surface area contributed by atoms with Gasteiger partial charge in [0, 0.05) is 42.7 Å². The Balaban J connectivity index is 1.68. The number of aromatic nitrogens is 1. The molecule has 0 radical (unpaired) electrons. The Bertz CT molecular complexity index is 1530. The molecule has 42 heavy (non-hydrogen) atoms. The van der Waals surface area contributed by atoms with Crippen LogP contribution in [0.3, 0.4) is 0 Å². The van der Waals surface area contributed by atoms with Crippen LogP contribution in [0.5, 0.6) is 5.75 Å². The van der Waals surface area contributed by atoms with E-state index in [2.05, 4.69) is 4.84 Å². The molecule has 13 heteroatoms. The van der Waals surface area contributed by atoms with E-state index in [9.17, 15) is 28.1 Å². The van der Waals surface area contributed by atoms with Gasteiger partial charge in [-0.15, -0.1) is 10.1 Å². The molecule has 228 valence electrons. The Kier molecular flexibility index (Phi) is 10.2. The number of fused-ring (bicyclic) bond motifs is 1. The maximum atomic E-state index is 13.7. The molecule has 0 unspecified atom stereocenters. The van der Waals surface area contributed by atoms with Crippen LogP contribution in [0, 0.1) is 16.0 Å². The average molecular weight is 603 g/mol. The van der Waals surface area contributed by atoms with Gasteiger partial charge in [0.2, 0.25) is 10.0 Å². The summed E-state index contributed by atoms with van der Waals surface area (Å²) in [6.45, 7) is 7.15. The number of carbonyl (C=O) groups is 1. The summed E-state index contributed by atoms with van der Waals surface area (Å²) in [7, 11) is -3.85. The summed E-state index contributed by atoms with van der Waals surface area (Å²) in [5, 5.41) is 9.60. The first-order chi connectivity index (χ1) is 20.2. The van der Waals surface area contributed by atoms with Gasteiger partial charge in [0.1, 0.15) is 5.75 Å². The van der Waals surface area contributed by atoms with E-state index in [1.165, 1.54) is 14.9 Å². The van der Waals surface area contributed by atoms with Crippen molar-refractivity contribution in [1.82, 2.24) is 8.87 Å². The fourth-order valence-corrected chi connectivity index (χ4v) is 7.19. The molecule has 1 aromatic heterocycles. The van der Waals surface area contributed by atoms with Gasteiger partial charge in [0.25, 0.3) is 10.6 Å². The minimum absolute atomic E-state index is 0.00482. The Morgan fingerprint density at radius 3 is 2.50 bits per heavy atom. The molecular weight excluding hydrogens is 564 g/mol. The zero-order chi connectivity index (χ0) is 30.4. The number of hydrogen-bond donors (Lipinski definition) is 0. The van der Waals surface area contributed by atoms with Crippen LogP contribution in [0.1, 0.15) is 80.1 Å². The average Bonchev–Trinajstić information content (AvgIpc) is 3.43. The Hall–Kier alpha value is -3.58. The summed E-state index contributed by atoms with van der Waals surface area (Å²) in [6.07, 6.45) is 4.66. The fourth-order valence-electron chi connectivity index (χ4n) is 5.69. The Labute approximate surface area is 245 Å². The molecular formula is C29H38N4O8S. The van der Waals surface area contributed by atoms with Gasteiger partial charge < -0.3 is 14.1 Å². The van der Waals surface area contributed by atoms with Crippen molar-refractivity contribution in [2.24, 2.45) is 10.9 Å². The summed E-state index contributed by atoms with van der Waals surface area (Å²) in [5.41, 5.74) is 2.83. The van der Waals surface area contributed by atoms with Crippen LogP contribution in [0.25, 0.3) is 0 Å². The third-order valence-corrected chi connectivity index (χ3v) is 9.75. The molecule has 2 aromatic rings. The number of nitrogens with zero attached hydrogens (tertiary/aromatic N) is 4. The number of aliphatic imine (C=N–C) groups is 1. The van der Waals surface area contributed by atoms with Crippen LogP contribution in [0.2, 0.25) is 0 Å². The molecule has 4 rings (SSSR count). The number of rotatable bonds is 14. The van der Waals surface area contributed by atoms with E-state index in [0.717, 1.165) is 18.4 Å². The molecule has 1 fully saturated rings. The third kappa shape index (κ3) is 6.41. The Morgan fingerprint density at radius 1 is 1.14 bits per heavy atom. The minimum Gasteiger partial charge on any atom is -0.493 e. The number of sulfonamides is 1. The molecule has 0 saturated carbocycles. The Morgan fingerprint density at radius 2 is 1.88 bits per heavy atom. The number of piperidine rings is 1. The number of pyridine rings is 1.